The van der Waals surface area contributed by atoms with Crippen LogP contribution >= 0.6 is 0 Å². The zero-order valence-corrected chi connectivity index (χ0v) is 8.16. The van der Waals surface area contributed by atoms with E-state index in [9.17, 15) is 4.79 Å². The predicted molar refractivity (Wildman–Crippen MR) is 49.2 cm³/mol. The van der Waals surface area contributed by atoms with Gasteiger partial charge in [-0.05, 0) is 5.53 Å². The van der Waals surface area contributed by atoms with Crippen molar-refractivity contribution in [3.63, 3.8) is 0 Å². The average molecular weight is 219 g/mol. The van der Waals surface area contributed by atoms with E-state index in [0.29, 0.717) is 19.8 Å². The SMILES string of the molecule is [N-]=[N+]=NCOCCOCCOCC(=O)O. The molecule has 0 aliphatic heterocycles. The van der Waals surface area contributed by atoms with Gasteiger partial charge >= 0.3 is 5.97 Å². The van der Waals surface area contributed by atoms with E-state index in [1.807, 2.05) is 0 Å². The first-order valence-corrected chi connectivity index (χ1v) is 4.23. The van der Waals surface area contributed by atoms with Gasteiger partial charge in [0.1, 0.15) is 13.3 Å². The highest BCUT2D eigenvalue weighted by atomic mass is 16.5. The number of hydrogen-bond acceptors (Lipinski definition) is 5. The second kappa shape index (κ2) is 10.7. The molecule has 0 amide bonds. The molecule has 0 fully saturated rings. The molecule has 0 saturated carbocycles. The Morgan fingerprint density at radius 3 is 2.40 bits per heavy atom. The largest absolute Gasteiger partial charge is 0.480 e. The number of nitrogens with zero attached hydrogens (tertiary/aromatic N) is 3. The normalized spacial score (nSPS) is 9.60. The van der Waals surface area contributed by atoms with Crippen LogP contribution in [0.2, 0.25) is 0 Å². The Hall–Kier alpha value is -1.34. The minimum absolute atomic E-state index is 0.0185. The van der Waals surface area contributed by atoms with Gasteiger partial charge in [-0.1, -0.05) is 5.11 Å². The maximum atomic E-state index is 10.0. The molecule has 8 heteroatoms. The van der Waals surface area contributed by atoms with E-state index in [0.717, 1.165) is 0 Å². The van der Waals surface area contributed by atoms with Gasteiger partial charge in [0.05, 0.1) is 26.4 Å². The Kier molecular flexibility index (Phi) is 9.78. The molecular weight excluding hydrogens is 206 g/mol. The van der Waals surface area contributed by atoms with E-state index >= 15 is 0 Å². The summed E-state index contributed by atoms with van der Waals surface area (Å²) in [5, 5.41) is 11.4. The van der Waals surface area contributed by atoms with E-state index in [-0.39, 0.29) is 19.9 Å². The number of hydrogen-bond donors (Lipinski definition) is 1. The standard InChI is InChI=1S/C7H13N3O5/c8-10-9-6-15-4-2-13-1-3-14-5-7(11)12/h1-6H2,(H,11,12). The zero-order valence-electron chi connectivity index (χ0n) is 8.16. The molecule has 0 radical (unpaired) electrons. The number of rotatable bonds is 10. The Morgan fingerprint density at radius 2 is 1.80 bits per heavy atom. The summed E-state index contributed by atoms with van der Waals surface area (Å²) in [7, 11) is 0. The molecule has 0 aliphatic carbocycles. The van der Waals surface area contributed by atoms with Gasteiger partial charge in [0.15, 0.2) is 0 Å². The summed E-state index contributed by atoms with van der Waals surface area (Å²) in [5.41, 5.74) is 7.89. The van der Waals surface area contributed by atoms with E-state index in [2.05, 4.69) is 10.0 Å². The molecule has 0 aromatic heterocycles. The molecule has 86 valence electrons. The third kappa shape index (κ3) is 12.7. The van der Waals surface area contributed by atoms with Crippen LogP contribution in [0.5, 0.6) is 0 Å². The highest BCUT2D eigenvalue weighted by molar-refractivity contribution is 5.67. The summed E-state index contributed by atoms with van der Waals surface area (Å²) in [6, 6.07) is 0. The van der Waals surface area contributed by atoms with Crippen molar-refractivity contribution in [1.29, 1.82) is 0 Å². The number of ether oxygens (including phenoxy) is 3. The zero-order chi connectivity index (χ0) is 11.4. The molecule has 0 atom stereocenters. The Morgan fingerprint density at radius 1 is 1.20 bits per heavy atom. The summed E-state index contributed by atoms with van der Waals surface area (Å²) >= 11 is 0. The van der Waals surface area contributed by atoms with E-state index in [4.69, 9.17) is 24.8 Å². The lowest BCUT2D eigenvalue weighted by Gasteiger charge is -2.03. The molecule has 0 heterocycles. The van der Waals surface area contributed by atoms with Crippen LogP contribution in [0, 0.1) is 0 Å². The number of carboxylic acids is 1. The van der Waals surface area contributed by atoms with Gasteiger partial charge in [-0.25, -0.2) is 4.79 Å². The monoisotopic (exact) mass is 219 g/mol. The quantitative estimate of drug-likeness (QED) is 0.247. The number of azide groups is 1. The van der Waals surface area contributed by atoms with Gasteiger partial charge in [-0.15, -0.1) is 0 Å². The van der Waals surface area contributed by atoms with Crippen molar-refractivity contribution in [2.45, 2.75) is 0 Å². The lowest BCUT2D eigenvalue weighted by molar-refractivity contribution is -0.142. The first kappa shape index (κ1) is 13.7. The molecule has 0 rings (SSSR count). The minimum atomic E-state index is -1.01. The topological polar surface area (TPSA) is 114 Å². The van der Waals surface area contributed by atoms with E-state index in [1.165, 1.54) is 0 Å². The summed E-state index contributed by atoms with van der Waals surface area (Å²) in [4.78, 5) is 12.5. The molecule has 0 aliphatic rings. The van der Waals surface area contributed by atoms with Gasteiger partial charge in [0.25, 0.3) is 0 Å². The summed E-state index contributed by atoms with van der Waals surface area (Å²) < 4.78 is 14.6. The second-order valence-electron chi connectivity index (χ2n) is 2.33. The summed E-state index contributed by atoms with van der Waals surface area (Å²) in [6.45, 7) is 0.849. The number of carboxylic acid groups (broad SMARTS) is 1. The van der Waals surface area contributed by atoms with E-state index in [1.54, 1.807) is 0 Å². The molecule has 15 heavy (non-hydrogen) atoms. The molecule has 0 aromatic carbocycles. The van der Waals surface area contributed by atoms with Crippen LogP contribution in [0.1, 0.15) is 0 Å². The second-order valence-corrected chi connectivity index (χ2v) is 2.33. The molecule has 8 nitrogen and oxygen atoms in total. The highest BCUT2D eigenvalue weighted by Gasteiger charge is 1.95. The predicted octanol–water partition coefficient (Wildman–Crippen LogP) is 0.389. The fraction of sp³-hybridized carbons (Fsp3) is 0.857. The van der Waals surface area contributed by atoms with Crippen molar-refractivity contribution in [3.8, 4) is 0 Å². The van der Waals surface area contributed by atoms with E-state index < -0.39 is 5.97 Å². The number of aliphatic carboxylic acids is 1. The first-order valence-electron chi connectivity index (χ1n) is 4.23. The van der Waals surface area contributed by atoms with Crippen LogP contribution in [0.4, 0.5) is 0 Å². The van der Waals surface area contributed by atoms with Crippen LogP contribution < -0.4 is 0 Å². The van der Waals surface area contributed by atoms with Gasteiger partial charge in [-0.3, -0.25) is 0 Å². The Bertz CT molecular complexity index is 209. The molecule has 1 N–H and O–H groups in total. The molecular formula is C7H13N3O5. The van der Waals surface area contributed by atoms with Crippen LogP contribution in [-0.4, -0.2) is 50.8 Å². The number of carbonyl (C=O) groups is 1. The lowest BCUT2D eigenvalue weighted by Crippen LogP contribution is -2.13. The first-order chi connectivity index (χ1) is 7.27. The molecule has 0 spiro atoms. The van der Waals surface area contributed by atoms with Gasteiger partial charge in [0, 0.05) is 4.91 Å². The highest BCUT2D eigenvalue weighted by Crippen LogP contribution is 1.82. The average Bonchev–Trinajstić information content (AvgIpc) is 2.20. The smallest absolute Gasteiger partial charge is 0.329 e. The summed E-state index contributed by atoms with van der Waals surface area (Å²) in [5.74, 6) is -1.01. The third-order valence-electron chi connectivity index (χ3n) is 1.18. The van der Waals surface area contributed by atoms with Crippen LogP contribution in [0.25, 0.3) is 10.4 Å². The minimum Gasteiger partial charge on any atom is -0.480 e. The van der Waals surface area contributed by atoms with Crippen molar-refractivity contribution in [2.24, 2.45) is 5.11 Å². The van der Waals surface area contributed by atoms with Gasteiger partial charge < -0.3 is 19.3 Å². The van der Waals surface area contributed by atoms with Crippen molar-refractivity contribution in [2.75, 3.05) is 39.8 Å². The van der Waals surface area contributed by atoms with Crippen molar-refractivity contribution >= 4 is 5.97 Å². The van der Waals surface area contributed by atoms with Crippen molar-refractivity contribution < 1.29 is 24.1 Å². The van der Waals surface area contributed by atoms with Crippen LogP contribution in [0.15, 0.2) is 5.11 Å². The Labute approximate surface area is 86.4 Å². The molecule has 0 bridgehead atoms. The maximum absolute atomic E-state index is 10.0. The maximum Gasteiger partial charge on any atom is 0.329 e. The van der Waals surface area contributed by atoms with Crippen LogP contribution in [0.3, 0.4) is 0 Å². The fourth-order valence-corrected chi connectivity index (χ4v) is 0.628. The Balaban J connectivity index is 2.98. The third-order valence-corrected chi connectivity index (χ3v) is 1.18. The molecule has 0 saturated heterocycles. The fourth-order valence-electron chi connectivity index (χ4n) is 0.628. The molecule has 0 unspecified atom stereocenters. The van der Waals surface area contributed by atoms with Gasteiger partial charge in [0.2, 0.25) is 0 Å². The molecule has 0 aromatic rings. The van der Waals surface area contributed by atoms with Gasteiger partial charge in [-0.2, -0.15) is 0 Å². The lowest BCUT2D eigenvalue weighted by atomic mass is 10.7. The van der Waals surface area contributed by atoms with Crippen LogP contribution in [-0.2, 0) is 19.0 Å². The summed E-state index contributed by atoms with van der Waals surface area (Å²) in [6.07, 6.45) is 0. The van der Waals surface area contributed by atoms with Crippen molar-refractivity contribution in [3.05, 3.63) is 10.4 Å². The van der Waals surface area contributed by atoms with Crippen molar-refractivity contribution in [1.82, 2.24) is 0 Å².